The smallest absolute Gasteiger partial charge is 0.0684 e. The SMILES string of the molecule is C=CCc1cc(-c2ccccc2)ccc1-n1nc(C)cc1C. The first kappa shape index (κ1) is 14.3. The van der Waals surface area contributed by atoms with Gasteiger partial charge in [-0.2, -0.15) is 5.10 Å². The van der Waals surface area contributed by atoms with E-state index in [1.165, 1.54) is 16.7 Å². The second-order valence-corrected chi connectivity index (χ2v) is 5.54. The molecule has 0 atom stereocenters. The van der Waals surface area contributed by atoms with Crippen LogP contribution in [0.2, 0.25) is 0 Å². The number of hydrogen-bond acceptors (Lipinski definition) is 1. The van der Waals surface area contributed by atoms with Gasteiger partial charge in [-0.25, -0.2) is 4.68 Å². The molecule has 1 aromatic heterocycles. The third-order valence-corrected chi connectivity index (χ3v) is 3.79. The van der Waals surface area contributed by atoms with Crippen LogP contribution < -0.4 is 0 Å². The number of nitrogens with zero attached hydrogens (tertiary/aromatic N) is 2. The van der Waals surface area contributed by atoms with Crippen molar-refractivity contribution in [2.24, 2.45) is 0 Å². The molecule has 0 unspecified atom stereocenters. The third-order valence-electron chi connectivity index (χ3n) is 3.79. The van der Waals surface area contributed by atoms with Crippen LogP contribution in [0.4, 0.5) is 0 Å². The van der Waals surface area contributed by atoms with E-state index < -0.39 is 0 Å². The molecule has 0 aliphatic rings. The lowest BCUT2D eigenvalue weighted by Gasteiger charge is -2.12. The molecule has 0 aliphatic carbocycles. The number of benzene rings is 2. The van der Waals surface area contributed by atoms with Gasteiger partial charge >= 0.3 is 0 Å². The molecule has 0 aliphatic heterocycles. The van der Waals surface area contributed by atoms with Crippen LogP contribution in [0, 0.1) is 13.8 Å². The lowest BCUT2D eigenvalue weighted by atomic mass is 10.00. The van der Waals surface area contributed by atoms with Crippen LogP contribution in [0.25, 0.3) is 16.8 Å². The average molecular weight is 288 g/mol. The summed E-state index contributed by atoms with van der Waals surface area (Å²) in [6, 6.07) is 19.1. The number of aromatic nitrogens is 2. The van der Waals surface area contributed by atoms with Crippen LogP contribution in [0.15, 0.2) is 67.3 Å². The van der Waals surface area contributed by atoms with Gasteiger partial charge in [-0.3, -0.25) is 0 Å². The summed E-state index contributed by atoms with van der Waals surface area (Å²) in [6.45, 7) is 8.00. The Balaban J connectivity index is 2.12. The second-order valence-electron chi connectivity index (χ2n) is 5.54. The predicted octanol–water partition coefficient (Wildman–Crippen LogP) is 4.88. The Morgan fingerprint density at radius 1 is 1.00 bits per heavy atom. The van der Waals surface area contributed by atoms with Gasteiger partial charge in [-0.05, 0) is 55.2 Å². The molecular formula is C20H20N2. The van der Waals surface area contributed by atoms with Crippen molar-refractivity contribution in [2.75, 3.05) is 0 Å². The Morgan fingerprint density at radius 2 is 1.77 bits per heavy atom. The number of aryl methyl sites for hydroxylation is 2. The van der Waals surface area contributed by atoms with Crippen molar-refractivity contribution < 1.29 is 0 Å². The highest BCUT2D eigenvalue weighted by Gasteiger charge is 2.10. The number of allylic oxidation sites excluding steroid dienone is 1. The fourth-order valence-corrected chi connectivity index (χ4v) is 2.79. The fraction of sp³-hybridized carbons (Fsp3) is 0.150. The van der Waals surface area contributed by atoms with Crippen LogP contribution in [0.1, 0.15) is 17.0 Å². The standard InChI is InChI=1S/C20H20N2/c1-4-8-19-14-18(17-9-6-5-7-10-17)11-12-20(19)22-16(3)13-15(2)21-22/h4-7,9-14H,1,8H2,2-3H3. The predicted molar refractivity (Wildman–Crippen MR) is 92.4 cm³/mol. The van der Waals surface area contributed by atoms with E-state index in [-0.39, 0.29) is 0 Å². The Bertz CT molecular complexity index is 798. The zero-order chi connectivity index (χ0) is 15.5. The van der Waals surface area contributed by atoms with E-state index in [4.69, 9.17) is 0 Å². The molecule has 0 bridgehead atoms. The summed E-state index contributed by atoms with van der Waals surface area (Å²) in [4.78, 5) is 0. The molecule has 0 amide bonds. The molecule has 0 saturated carbocycles. The molecule has 0 fully saturated rings. The first-order valence-corrected chi connectivity index (χ1v) is 7.52. The molecule has 110 valence electrons. The van der Waals surface area contributed by atoms with Gasteiger partial charge in [0, 0.05) is 5.69 Å². The molecule has 1 heterocycles. The van der Waals surface area contributed by atoms with E-state index in [0.29, 0.717) is 0 Å². The van der Waals surface area contributed by atoms with E-state index in [1.807, 2.05) is 23.7 Å². The molecule has 3 rings (SSSR count). The second kappa shape index (κ2) is 6.02. The molecule has 22 heavy (non-hydrogen) atoms. The van der Waals surface area contributed by atoms with Crippen LogP contribution in [-0.2, 0) is 6.42 Å². The summed E-state index contributed by atoms with van der Waals surface area (Å²) in [5.74, 6) is 0. The van der Waals surface area contributed by atoms with Crippen molar-refractivity contribution in [1.82, 2.24) is 9.78 Å². The summed E-state index contributed by atoms with van der Waals surface area (Å²) in [6.07, 6.45) is 2.77. The summed E-state index contributed by atoms with van der Waals surface area (Å²) >= 11 is 0. The average Bonchev–Trinajstić information content (AvgIpc) is 2.87. The quantitative estimate of drug-likeness (QED) is 0.625. The summed E-state index contributed by atoms with van der Waals surface area (Å²) in [7, 11) is 0. The van der Waals surface area contributed by atoms with Crippen LogP contribution in [0.5, 0.6) is 0 Å². The normalized spacial score (nSPS) is 10.6. The van der Waals surface area contributed by atoms with Gasteiger partial charge < -0.3 is 0 Å². The molecule has 0 spiro atoms. The molecule has 0 N–H and O–H groups in total. The van der Waals surface area contributed by atoms with Gasteiger partial charge in [-0.15, -0.1) is 6.58 Å². The van der Waals surface area contributed by atoms with Gasteiger partial charge in [0.25, 0.3) is 0 Å². The lowest BCUT2D eigenvalue weighted by Crippen LogP contribution is -2.03. The molecule has 2 heteroatoms. The van der Waals surface area contributed by atoms with Gasteiger partial charge in [0.05, 0.1) is 11.4 Å². The maximum atomic E-state index is 4.61. The number of rotatable bonds is 4. The van der Waals surface area contributed by atoms with Crippen LogP contribution in [-0.4, -0.2) is 9.78 Å². The van der Waals surface area contributed by atoms with E-state index in [9.17, 15) is 0 Å². The van der Waals surface area contributed by atoms with Crippen LogP contribution >= 0.6 is 0 Å². The fourth-order valence-electron chi connectivity index (χ4n) is 2.79. The third kappa shape index (κ3) is 2.73. The molecule has 2 nitrogen and oxygen atoms in total. The van der Waals surface area contributed by atoms with Gasteiger partial charge in [-0.1, -0.05) is 42.5 Å². The lowest BCUT2D eigenvalue weighted by molar-refractivity contribution is 0.824. The highest BCUT2D eigenvalue weighted by molar-refractivity contribution is 5.66. The monoisotopic (exact) mass is 288 g/mol. The molecule has 0 saturated heterocycles. The Hall–Kier alpha value is -2.61. The van der Waals surface area contributed by atoms with Crippen molar-refractivity contribution in [3.8, 4) is 16.8 Å². The minimum Gasteiger partial charge on any atom is -0.238 e. The topological polar surface area (TPSA) is 17.8 Å². The van der Waals surface area contributed by atoms with Gasteiger partial charge in [0.15, 0.2) is 0 Å². The summed E-state index contributed by atoms with van der Waals surface area (Å²) in [5, 5.41) is 4.61. The molecule has 3 aromatic rings. The Morgan fingerprint density at radius 3 is 2.41 bits per heavy atom. The minimum absolute atomic E-state index is 0.828. The highest BCUT2D eigenvalue weighted by Crippen LogP contribution is 2.25. The maximum Gasteiger partial charge on any atom is 0.0684 e. The summed E-state index contributed by atoms with van der Waals surface area (Å²) < 4.78 is 2.02. The van der Waals surface area contributed by atoms with Crippen molar-refractivity contribution >= 4 is 0 Å². The van der Waals surface area contributed by atoms with E-state index in [2.05, 4.69) is 67.1 Å². The Labute approximate surface area is 131 Å². The van der Waals surface area contributed by atoms with E-state index in [1.54, 1.807) is 0 Å². The molecule has 0 radical (unpaired) electrons. The highest BCUT2D eigenvalue weighted by atomic mass is 15.3. The summed E-state index contributed by atoms with van der Waals surface area (Å²) in [5.41, 5.74) is 7.01. The van der Waals surface area contributed by atoms with Crippen molar-refractivity contribution in [3.05, 3.63) is 84.2 Å². The van der Waals surface area contributed by atoms with Crippen molar-refractivity contribution in [3.63, 3.8) is 0 Å². The van der Waals surface area contributed by atoms with E-state index >= 15 is 0 Å². The molecular weight excluding hydrogens is 268 g/mol. The van der Waals surface area contributed by atoms with Gasteiger partial charge in [0.2, 0.25) is 0 Å². The first-order valence-electron chi connectivity index (χ1n) is 7.52. The number of hydrogen-bond donors (Lipinski definition) is 0. The van der Waals surface area contributed by atoms with Crippen LogP contribution in [0.3, 0.4) is 0 Å². The van der Waals surface area contributed by atoms with Crippen molar-refractivity contribution in [1.29, 1.82) is 0 Å². The maximum absolute atomic E-state index is 4.61. The van der Waals surface area contributed by atoms with E-state index in [0.717, 1.165) is 23.5 Å². The van der Waals surface area contributed by atoms with Gasteiger partial charge in [0.1, 0.15) is 0 Å². The molecule has 2 aromatic carbocycles. The largest absolute Gasteiger partial charge is 0.238 e. The zero-order valence-electron chi connectivity index (χ0n) is 13.1. The Kier molecular flexibility index (Phi) is 3.92. The van der Waals surface area contributed by atoms with Crippen molar-refractivity contribution in [2.45, 2.75) is 20.3 Å². The minimum atomic E-state index is 0.828. The first-order chi connectivity index (χ1) is 10.7. The zero-order valence-corrected chi connectivity index (χ0v) is 13.1.